The van der Waals surface area contributed by atoms with Gasteiger partial charge in [0.25, 0.3) is 0 Å². The highest BCUT2D eigenvalue weighted by atomic mass is 16.5. The molecule has 0 bridgehead atoms. The number of benzene rings is 2. The molecule has 0 aliphatic heterocycles. The standard InChI is InChI=1S/C23H25NO5/c1-18(28-16-4-15-27-14-3-13-26-2)20-7-9-21(10-8-20)23(25)29-22-11-5-19(17-24)6-12-22/h5-12H,1,3-4,13-16H2,2H3. The van der Waals surface area contributed by atoms with Crippen LogP contribution in [0.3, 0.4) is 0 Å². The van der Waals surface area contributed by atoms with Crippen molar-refractivity contribution in [3.63, 3.8) is 0 Å². The highest BCUT2D eigenvalue weighted by molar-refractivity contribution is 5.91. The average molecular weight is 395 g/mol. The summed E-state index contributed by atoms with van der Waals surface area (Å²) in [6, 6.07) is 15.2. The van der Waals surface area contributed by atoms with Crippen LogP contribution in [0.2, 0.25) is 0 Å². The van der Waals surface area contributed by atoms with Crippen molar-refractivity contribution < 1.29 is 23.7 Å². The molecule has 6 heteroatoms. The maximum Gasteiger partial charge on any atom is 0.343 e. The van der Waals surface area contributed by atoms with Crippen molar-refractivity contribution in [1.82, 2.24) is 0 Å². The fourth-order valence-electron chi connectivity index (χ4n) is 2.40. The van der Waals surface area contributed by atoms with Gasteiger partial charge in [0.1, 0.15) is 11.5 Å². The van der Waals surface area contributed by atoms with Crippen LogP contribution in [0.5, 0.6) is 5.75 Å². The van der Waals surface area contributed by atoms with E-state index in [1.165, 1.54) is 0 Å². The predicted octanol–water partition coefficient (Wildman–Crippen LogP) is 4.21. The molecule has 0 heterocycles. The molecule has 0 saturated carbocycles. The van der Waals surface area contributed by atoms with Gasteiger partial charge in [-0.1, -0.05) is 18.7 Å². The lowest BCUT2D eigenvalue weighted by atomic mass is 10.1. The topological polar surface area (TPSA) is 77.8 Å². The van der Waals surface area contributed by atoms with Gasteiger partial charge in [-0.2, -0.15) is 5.26 Å². The van der Waals surface area contributed by atoms with E-state index in [2.05, 4.69) is 6.58 Å². The third kappa shape index (κ3) is 7.78. The largest absolute Gasteiger partial charge is 0.494 e. The normalized spacial score (nSPS) is 10.2. The Morgan fingerprint density at radius 3 is 2.17 bits per heavy atom. The Morgan fingerprint density at radius 1 is 0.931 bits per heavy atom. The number of ether oxygens (including phenoxy) is 4. The minimum atomic E-state index is -0.474. The fraction of sp³-hybridized carbons (Fsp3) is 0.304. The number of carbonyl (C=O) groups is 1. The maximum absolute atomic E-state index is 12.2. The van der Waals surface area contributed by atoms with Crippen LogP contribution in [0.1, 0.15) is 34.3 Å². The Hall–Kier alpha value is -3.14. The van der Waals surface area contributed by atoms with Gasteiger partial charge >= 0.3 is 5.97 Å². The quantitative estimate of drug-likeness (QED) is 0.232. The molecule has 0 aliphatic carbocycles. The van der Waals surface area contributed by atoms with Crippen LogP contribution in [-0.2, 0) is 14.2 Å². The smallest absolute Gasteiger partial charge is 0.343 e. The van der Waals surface area contributed by atoms with Gasteiger partial charge in [0.15, 0.2) is 0 Å². The molecule has 0 unspecified atom stereocenters. The number of hydrogen-bond acceptors (Lipinski definition) is 6. The number of nitrogens with zero attached hydrogens (tertiary/aromatic N) is 1. The molecule has 0 spiro atoms. The molecule has 2 aromatic carbocycles. The summed E-state index contributed by atoms with van der Waals surface area (Å²) in [6.45, 7) is 6.42. The van der Waals surface area contributed by atoms with Crippen LogP contribution in [-0.4, -0.2) is 39.5 Å². The van der Waals surface area contributed by atoms with Crippen molar-refractivity contribution in [3.05, 3.63) is 71.8 Å². The minimum Gasteiger partial charge on any atom is -0.494 e. The summed E-state index contributed by atoms with van der Waals surface area (Å²) in [6.07, 6.45) is 1.64. The number of hydrogen-bond donors (Lipinski definition) is 0. The molecule has 0 amide bonds. The molecule has 0 saturated heterocycles. The Morgan fingerprint density at radius 2 is 1.55 bits per heavy atom. The van der Waals surface area contributed by atoms with Gasteiger partial charge in [-0.15, -0.1) is 0 Å². The molecule has 2 rings (SSSR count). The predicted molar refractivity (Wildman–Crippen MR) is 109 cm³/mol. The number of methoxy groups -OCH3 is 1. The van der Waals surface area contributed by atoms with Crippen LogP contribution < -0.4 is 4.74 Å². The van der Waals surface area contributed by atoms with Gasteiger partial charge in [0, 0.05) is 38.9 Å². The van der Waals surface area contributed by atoms with Gasteiger partial charge in [0.2, 0.25) is 0 Å². The van der Waals surface area contributed by atoms with Crippen LogP contribution in [0.15, 0.2) is 55.1 Å². The lowest BCUT2D eigenvalue weighted by molar-refractivity contribution is 0.0734. The van der Waals surface area contributed by atoms with E-state index in [0.29, 0.717) is 49.1 Å². The zero-order valence-corrected chi connectivity index (χ0v) is 16.6. The third-order valence-corrected chi connectivity index (χ3v) is 3.98. The molecule has 0 fully saturated rings. The van der Waals surface area contributed by atoms with E-state index in [9.17, 15) is 4.79 Å². The second kappa shape index (κ2) is 12.3. The molecule has 0 aliphatic rings. The molecule has 2 aromatic rings. The van der Waals surface area contributed by atoms with Crippen molar-refractivity contribution in [1.29, 1.82) is 5.26 Å². The lowest BCUT2D eigenvalue weighted by Gasteiger charge is -2.10. The fourth-order valence-corrected chi connectivity index (χ4v) is 2.40. The van der Waals surface area contributed by atoms with E-state index in [1.54, 1.807) is 55.6 Å². The van der Waals surface area contributed by atoms with Crippen molar-refractivity contribution in [2.75, 3.05) is 33.5 Å². The second-order valence-corrected chi connectivity index (χ2v) is 6.19. The molecule has 0 N–H and O–H groups in total. The summed E-state index contributed by atoms with van der Waals surface area (Å²) >= 11 is 0. The summed E-state index contributed by atoms with van der Waals surface area (Å²) in [4.78, 5) is 12.2. The summed E-state index contributed by atoms with van der Waals surface area (Å²) in [5, 5.41) is 8.79. The summed E-state index contributed by atoms with van der Waals surface area (Å²) < 4.78 is 21.4. The van der Waals surface area contributed by atoms with Gasteiger partial charge in [0.05, 0.1) is 23.8 Å². The molecule has 0 radical (unpaired) electrons. The van der Waals surface area contributed by atoms with Gasteiger partial charge in [-0.05, 0) is 42.8 Å². The first-order valence-electron chi connectivity index (χ1n) is 9.35. The Balaban J connectivity index is 1.74. The highest BCUT2D eigenvalue weighted by Gasteiger charge is 2.09. The van der Waals surface area contributed by atoms with E-state index in [0.717, 1.165) is 18.4 Å². The Labute approximate surface area is 171 Å². The lowest BCUT2D eigenvalue weighted by Crippen LogP contribution is -2.08. The first kappa shape index (κ1) is 22.2. The van der Waals surface area contributed by atoms with Gasteiger partial charge in [-0.3, -0.25) is 0 Å². The molecule has 0 aromatic heterocycles. The van der Waals surface area contributed by atoms with Crippen molar-refractivity contribution in [3.8, 4) is 11.8 Å². The van der Waals surface area contributed by atoms with E-state index in [1.807, 2.05) is 6.07 Å². The molecule has 152 valence electrons. The first-order chi connectivity index (χ1) is 14.1. The molecule has 0 atom stereocenters. The van der Waals surface area contributed by atoms with Gasteiger partial charge in [-0.25, -0.2) is 4.79 Å². The van der Waals surface area contributed by atoms with Crippen LogP contribution in [0.4, 0.5) is 0 Å². The number of carbonyl (C=O) groups excluding carboxylic acids is 1. The van der Waals surface area contributed by atoms with E-state index < -0.39 is 5.97 Å². The molecule has 29 heavy (non-hydrogen) atoms. The maximum atomic E-state index is 12.2. The second-order valence-electron chi connectivity index (χ2n) is 6.19. The van der Waals surface area contributed by atoms with Crippen LogP contribution in [0.25, 0.3) is 5.76 Å². The SMILES string of the molecule is C=C(OCCCOCCCOC)c1ccc(C(=O)Oc2ccc(C#N)cc2)cc1. The average Bonchev–Trinajstić information content (AvgIpc) is 2.76. The molecule has 6 nitrogen and oxygen atoms in total. The highest BCUT2D eigenvalue weighted by Crippen LogP contribution is 2.17. The third-order valence-electron chi connectivity index (χ3n) is 3.98. The van der Waals surface area contributed by atoms with Gasteiger partial charge < -0.3 is 18.9 Å². The van der Waals surface area contributed by atoms with Crippen molar-refractivity contribution >= 4 is 11.7 Å². The summed E-state index contributed by atoms with van der Waals surface area (Å²) in [5.74, 6) is 0.449. The van der Waals surface area contributed by atoms with Crippen molar-refractivity contribution in [2.24, 2.45) is 0 Å². The monoisotopic (exact) mass is 395 g/mol. The summed E-state index contributed by atoms with van der Waals surface area (Å²) in [7, 11) is 1.67. The Bertz CT molecular complexity index is 822. The minimum absolute atomic E-state index is 0.384. The van der Waals surface area contributed by atoms with Crippen LogP contribution >= 0.6 is 0 Å². The van der Waals surface area contributed by atoms with E-state index in [-0.39, 0.29) is 0 Å². The number of rotatable bonds is 12. The number of nitriles is 1. The van der Waals surface area contributed by atoms with Crippen molar-refractivity contribution in [2.45, 2.75) is 12.8 Å². The molecular weight excluding hydrogens is 370 g/mol. The van der Waals surface area contributed by atoms with E-state index in [4.69, 9.17) is 24.2 Å². The number of esters is 1. The van der Waals surface area contributed by atoms with Crippen LogP contribution in [0, 0.1) is 11.3 Å². The first-order valence-corrected chi connectivity index (χ1v) is 9.35. The van der Waals surface area contributed by atoms with E-state index >= 15 is 0 Å². The summed E-state index contributed by atoms with van der Waals surface area (Å²) in [5.41, 5.74) is 1.71. The Kier molecular flexibility index (Phi) is 9.43. The zero-order valence-electron chi connectivity index (χ0n) is 16.6. The molecular formula is C23H25NO5. The zero-order chi connectivity index (χ0) is 20.9.